The number of rotatable bonds is 4. The van der Waals surface area contributed by atoms with Crippen LogP contribution in [-0.2, 0) is 10.0 Å². The molecule has 0 saturated carbocycles. The lowest BCUT2D eigenvalue weighted by atomic mass is 9.95. The number of hydrogen-bond acceptors (Lipinski definition) is 5. The minimum Gasteiger partial charge on any atom is -0.488 e. The molecular formula is C17H18N2O3S2. The van der Waals surface area contributed by atoms with Crippen LogP contribution in [0.5, 0.6) is 5.75 Å². The average Bonchev–Trinajstić information content (AvgIpc) is 3.00. The fourth-order valence-corrected chi connectivity index (χ4v) is 6.54. The highest BCUT2D eigenvalue weighted by Crippen LogP contribution is 2.47. The highest BCUT2D eigenvalue weighted by atomic mass is 32.2. The van der Waals surface area contributed by atoms with Crippen molar-refractivity contribution in [1.29, 1.82) is 0 Å². The molecule has 2 aliphatic rings. The van der Waals surface area contributed by atoms with Crippen LogP contribution in [0.4, 0.5) is 0 Å². The average molecular weight is 362 g/mol. The number of hydrogen-bond donors (Lipinski definition) is 0. The summed E-state index contributed by atoms with van der Waals surface area (Å²) in [7, 11) is -3.37. The zero-order chi connectivity index (χ0) is 16.6. The summed E-state index contributed by atoms with van der Waals surface area (Å²) in [6, 6.07) is 12.4. The van der Waals surface area contributed by atoms with E-state index in [4.69, 9.17) is 4.74 Å². The minimum atomic E-state index is -3.37. The van der Waals surface area contributed by atoms with Gasteiger partial charge in [-0.2, -0.15) is 4.31 Å². The molecule has 1 spiro atoms. The van der Waals surface area contributed by atoms with Crippen molar-refractivity contribution >= 4 is 21.8 Å². The Labute approximate surface area is 146 Å². The van der Waals surface area contributed by atoms with Crippen molar-refractivity contribution in [2.45, 2.75) is 22.2 Å². The molecule has 0 bridgehead atoms. The van der Waals surface area contributed by atoms with Gasteiger partial charge in [0.05, 0.1) is 11.1 Å². The molecule has 0 amide bonds. The molecule has 2 fully saturated rings. The first-order valence-corrected chi connectivity index (χ1v) is 10.3. The Balaban J connectivity index is 1.39. The van der Waals surface area contributed by atoms with E-state index >= 15 is 0 Å². The Hall–Kier alpha value is -1.57. The van der Waals surface area contributed by atoms with E-state index in [0.29, 0.717) is 18.0 Å². The van der Waals surface area contributed by atoms with Crippen LogP contribution in [0.15, 0.2) is 59.8 Å². The molecule has 4 rings (SSSR count). The molecule has 3 heterocycles. The van der Waals surface area contributed by atoms with Crippen LogP contribution in [0, 0.1) is 0 Å². The third-order valence-corrected chi connectivity index (χ3v) is 7.80. The van der Waals surface area contributed by atoms with E-state index < -0.39 is 10.0 Å². The number of ether oxygens (including phenoxy) is 1. The second-order valence-corrected chi connectivity index (χ2v) is 9.64. The Morgan fingerprint density at radius 3 is 2.67 bits per heavy atom. The summed E-state index contributed by atoms with van der Waals surface area (Å²) < 4.78 is 32.7. The molecule has 0 N–H and O–H groups in total. The van der Waals surface area contributed by atoms with Crippen molar-refractivity contribution in [2.24, 2.45) is 0 Å². The van der Waals surface area contributed by atoms with E-state index in [1.165, 1.54) is 0 Å². The zero-order valence-corrected chi connectivity index (χ0v) is 14.7. The maximum absolute atomic E-state index is 12.6. The van der Waals surface area contributed by atoms with E-state index in [1.807, 2.05) is 30.0 Å². The van der Waals surface area contributed by atoms with Gasteiger partial charge in [0.25, 0.3) is 0 Å². The molecule has 24 heavy (non-hydrogen) atoms. The molecule has 1 atom stereocenters. The summed E-state index contributed by atoms with van der Waals surface area (Å²) in [4.78, 5) is 4.42. The van der Waals surface area contributed by atoms with Gasteiger partial charge < -0.3 is 4.74 Å². The highest BCUT2D eigenvalue weighted by molar-refractivity contribution is 8.01. The van der Waals surface area contributed by atoms with Crippen LogP contribution < -0.4 is 4.74 Å². The fourth-order valence-electron chi connectivity index (χ4n) is 3.22. The third-order valence-electron chi connectivity index (χ3n) is 4.42. The number of sulfonamides is 1. The molecule has 1 aromatic heterocycles. The number of pyridine rings is 1. The van der Waals surface area contributed by atoms with Gasteiger partial charge in [-0.1, -0.05) is 18.2 Å². The molecule has 7 heteroatoms. The monoisotopic (exact) mass is 362 g/mol. The zero-order valence-electron chi connectivity index (χ0n) is 13.0. The van der Waals surface area contributed by atoms with Crippen LogP contribution in [0.1, 0.15) is 6.42 Å². The molecule has 2 aliphatic heterocycles. The summed E-state index contributed by atoms with van der Waals surface area (Å²) in [5.41, 5.74) is 0. The summed E-state index contributed by atoms with van der Waals surface area (Å²) in [5, 5.41) is 0. The van der Waals surface area contributed by atoms with Crippen molar-refractivity contribution in [3.8, 4) is 5.75 Å². The first kappa shape index (κ1) is 15.9. The van der Waals surface area contributed by atoms with Crippen molar-refractivity contribution in [3.05, 3.63) is 54.9 Å². The molecule has 1 aromatic carbocycles. The van der Waals surface area contributed by atoms with Gasteiger partial charge >= 0.3 is 0 Å². The molecule has 0 unspecified atom stereocenters. The summed E-state index contributed by atoms with van der Waals surface area (Å²) in [6.07, 6.45) is 4.41. The SMILES string of the molecule is O=S(=O)(c1ccccc1)N1CC2(C[C@H](Oc3cccnc3)CS2)C1. The van der Waals surface area contributed by atoms with Crippen LogP contribution >= 0.6 is 11.8 Å². The standard InChI is InChI=1S/C17H18N2O3S2/c20-24(21,16-6-2-1-3-7-16)19-12-17(13-19)9-15(11-23-17)22-14-5-4-8-18-10-14/h1-8,10,15H,9,11-13H2/t15-/m0/s1. The Morgan fingerprint density at radius 2 is 1.96 bits per heavy atom. The van der Waals surface area contributed by atoms with Crippen LogP contribution in [0.25, 0.3) is 0 Å². The van der Waals surface area contributed by atoms with E-state index in [9.17, 15) is 8.42 Å². The van der Waals surface area contributed by atoms with Crippen molar-refractivity contribution in [2.75, 3.05) is 18.8 Å². The maximum Gasteiger partial charge on any atom is 0.243 e. The lowest BCUT2D eigenvalue weighted by Gasteiger charge is -2.46. The molecule has 2 saturated heterocycles. The first-order chi connectivity index (χ1) is 11.6. The van der Waals surface area contributed by atoms with Gasteiger partial charge in [-0.15, -0.1) is 11.8 Å². The van der Waals surface area contributed by atoms with Gasteiger partial charge in [-0.05, 0) is 24.3 Å². The van der Waals surface area contributed by atoms with E-state index in [-0.39, 0.29) is 10.9 Å². The van der Waals surface area contributed by atoms with Crippen molar-refractivity contribution in [1.82, 2.24) is 9.29 Å². The normalized spacial score (nSPS) is 23.1. The van der Waals surface area contributed by atoms with Gasteiger partial charge in [0, 0.05) is 36.2 Å². The van der Waals surface area contributed by atoms with E-state index in [2.05, 4.69) is 4.98 Å². The van der Waals surface area contributed by atoms with Crippen molar-refractivity contribution < 1.29 is 13.2 Å². The summed E-state index contributed by atoms with van der Waals surface area (Å²) in [5.74, 6) is 1.65. The topological polar surface area (TPSA) is 59.5 Å². The molecule has 5 nitrogen and oxygen atoms in total. The number of thioether (sulfide) groups is 1. The third kappa shape index (κ3) is 2.92. The first-order valence-electron chi connectivity index (χ1n) is 7.83. The van der Waals surface area contributed by atoms with E-state index in [1.54, 1.807) is 41.0 Å². The van der Waals surface area contributed by atoms with Crippen molar-refractivity contribution in [3.63, 3.8) is 0 Å². The predicted molar refractivity (Wildman–Crippen MR) is 93.7 cm³/mol. The molecule has 0 radical (unpaired) electrons. The summed E-state index contributed by atoms with van der Waals surface area (Å²) >= 11 is 1.82. The molecule has 126 valence electrons. The second kappa shape index (κ2) is 6.06. The Morgan fingerprint density at radius 1 is 1.17 bits per heavy atom. The molecular weight excluding hydrogens is 344 g/mol. The van der Waals surface area contributed by atoms with Gasteiger partial charge in [-0.3, -0.25) is 4.98 Å². The van der Waals surface area contributed by atoms with Crippen LogP contribution in [0.2, 0.25) is 0 Å². The summed E-state index contributed by atoms with van der Waals surface area (Å²) in [6.45, 7) is 1.11. The molecule has 2 aromatic rings. The van der Waals surface area contributed by atoms with Crippen LogP contribution in [-0.4, -0.2) is 47.4 Å². The van der Waals surface area contributed by atoms with Gasteiger partial charge in [-0.25, -0.2) is 8.42 Å². The smallest absolute Gasteiger partial charge is 0.243 e. The van der Waals surface area contributed by atoms with Gasteiger partial charge in [0.15, 0.2) is 0 Å². The second-order valence-electron chi connectivity index (χ2n) is 6.21. The Kier molecular flexibility index (Phi) is 4.02. The number of benzene rings is 1. The Bertz CT molecular complexity index is 806. The maximum atomic E-state index is 12.6. The van der Waals surface area contributed by atoms with Crippen LogP contribution in [0.3, 0.4) is 0 Å². The quantitative estimate of drug-likeness (QED) is 0.836. The largest absolute Gasteiger partial charge is 0.488 e. The lowest BCUT2D eigenvalue weighted by molar-refractivity contribution is 0.159. The van der Waals surface area contributed by atoms with Gasteiger partial charge in [0.2, 0.25) is 10.0 Å². The number of nitrogens with zero attached hydrogens (tertiary/aromatic N) is 2. The highest BCUT2D eigenvalue weighted by Gasteiger charge is 2.53. The van der Waals surface area contributed by atoms with Gasteiger partial charge in [0.1, 0.15) is 11.9 Å². The molecule has 0 aliphatic carbocycles. The lowest BCUT2D eigenvalue weighted by Crippen LogP contribution is -2.60. The number of aromatic nitrogens is 1. The fraction of sp³-hybridized carbons (Fsp3) is 0.353. The predicted octanol–water partition coefficient (Wildman–Crippen LogP) is 2.41. The van der Waals surface area contributed by atoms with E-state index in [0.717, 1.165) is 17.9 Å². The minimum absolute atomic E-state index is 0.00523.